The van der Waals surface area contributed by atoms with Crippen LogP contribution in [0.25, 0.3) is 0 Å². The summed E-state index contributed by atoms with van der Waals surface area (Å²) < 4.78 is 13.2. The predicted molar refractivity (Wildman–Crippen MR) is 78.8 cm³/mol. The lowest BCUT2D eigenvalue weighted by Crippen LogP contribution is -2.37. The van der Waals surface area contributed by atoms with Gasteiger partial charge in [-0.25, -0.2) is 4.39 Å². The summed E-state index contributed by atoms with van der Waals surface area (Å²) in [6.45, 7) is 0. The summed E-state index contributed by atoms with van der Waals surface area (Å²) in [6, 6.07) is 8.38. The Morgan fingerprint density at radius 2 is 2.00 bits per heavy atom. The van der Waals surface area contributed by atoms with Gasteiger partial charge in [-0.2, -0.15) is 0 Å². The number of nitrogens with one attached hydrogen (secondary N) is 1. The average molecular weight is 294 g/mol. The fourth-order valence-electron chi connectivity index (χ4n) is 2.10. The van der Waals surface area contributed by atoms with Crippen LogP contribution in [0.2, 0.25) is 5.02 Å². The zero-order chi connectivity index (χ0) is 14.4. The molecule has 0 aliphatic carbocycles. The molecule has 1 aromatic heterocycles. The summed E-state index contributed by atoms with van der Waals surface area (Å²) in [5, 5.41) is 0.565. The van der Waals surface area contributed by atoms with E-state index >= 15 is 0 Å². The van der Waals surface area contributed by atoms with E-state index in [1.165, 1.54) is 17.7 Å². The van der Waals surface area contributed by atoms with Crippen molar-refractivity contribution < 1.29 is 4.39 Å². The third-order valence-corrected chi connectivity index (χ3v) is 3.61. The number of rotatable bonds is 6. The first-order valence-electron chi connectivity index (χ1n) is 6.48. The van der Waals surface area contributed by atoms with Crippen molar-refractivity contribution in [2.75, 3.05) is 0 Å². The highest BCUT2D eigenvalue weighted by atomic mass is 35.5. The summed E-state index contributed by atoms with van der Waals surface area (Å²) in [7, 11) is 0. The topological polar surface area (TPSA) is 50.9 Å². The molecule has 3 nitrogen and oxygen atoms in total. The quantitative estimate of drug-likeness (QED) is 0.636. The van der Waals surface area contributed by atoms with Gasteiger partial charge < -0.3 is 0 Å². The van der Waals surface area contributed by atoms with E-state index in [1.807, 2.05) is 12.1 Å². The Kier molecular flexibility index (Phi) is 5.47. The van der Waals surface area contributed by atoms with Gasteiger partial charge in [0.25, 0.3) is 0 Å². The number of hydrazine groups is 1. The zero-order valence-electron chi connectivity index (χ0n) is 11.0. The summed E-state index contributed by atoms with van der Waals surface area (Å²) in [5.74, 6) is 5.29. The third kappa shape index (κ3) is 4.27. The van der Waals surface area contributed by atoms with Crippen LogP contribution in [0.3, 0.4) is 0 Å². The summed E-state index contributed by atoms with van der Waals surface area (Å²) in [5.41, 5.74) is 4.74. The number of aromatic nitrogens is 1. The minimum atomic E-state index is -0.283. The van der Waals surface area contributed by atoms with Crippen LogP contribution < -0.4 is 11.3 Å². The minimum Gasteiger partial charge on any atom is -0.271 e. The van der Waals surface area contributed by atoms with E-state index in [1.54, 1.807) is 18.5 Å². The van der Waals surface area contributed by atoms with Gasteiger partial charge in [-0.1, -0.05) is 11.6 Å². The van der Waals surface area contributed by atoms with E-state index in [0.717, 1.165) is 18.4 Å². The van der Waals surface area contributed by atoms with Crippen molar-refractivity contribution in [2.45, 2.75) is 25.3 Å². The van der Waals surface area contributed by atoms with Crippen molar-refractivity contribution in [3.8, 4) is 0 Å². The van der Waals surface area contributed by atoms with Crippen LogP contribution in [-0.4, -0.2) is 11.0 Å². The van der Waals surface area contributed by atoms with Gasteiger partial charge in [0, 0.05) is 23.5 Å². The molecule has 1 aromatic carbocycles. The Morgan fingerprint density at radius 1 is 1.25 bits per heavy atom. The fourth-order valence-corrected chi connectivity index (χ4v) is 2.29. The van der Waals surface area contributed by atoms with E-state index < -0.39 is 0 Å². The molecule has 1 unspecified atom stereocenters. The minimum absolute atomic E-state index is 0.0439. The van der Waals surface area contributed by atoms with Crippen molar-refractivity contribution >= 4 is 11.6 Å². The second-order valence-corrected chi connectivity index (χ2v) is 5.10. The van der Waals surface area contributed by atoms with Gasteiger partial charge in [0.2, 0.25) is 0 Å². The Hall–Kier alpha value is -1.49. The van der Waals surface area contributed by atoms with Crippen LogP contribution in [0.1, 0.15) is 17.5 Å². The Balaban J connectivity index is 1.97. The van der Waals surface area contributed by atoms with Gasteiger partial charge >= 0.3 is 0 Å². The molecule has 2 aromatic rings. The fraction of sp³-hybridized carbons (Fsp3) is 0.267. The highest BCUT2D eigenvalue weighted by Crippen LogP contribution is 2.19. The lowest BCUT2D eigenvalue weighted by molar-refractivity contribution is 0.490. The van der Waals surface area contributed by atoms with E-state index in [2.05, 4.69) is 10.4 Å². The van der Waals surface area contributed by atoms with Gasteiger partial charge in [0.05, 0.1) is 0 Å². The number of pyridine rings is 1. The standard InChI is InChI=1S/C15H17ClFN3/c16-15-4-2-13(17)9-12(15)10-14(20-18)3-1-11-5-7-19-8-6-11/h2,4-9,14,20H,1,3,10,18H2. The number of nitrogens with two attached hydrogens (primary N) is 1. The van der Waals surface area contributed by atoms with Crippen LogP contribution in [0.5, 0.6) is 0 Å². The molecular formula is C15H17ClFN3. The van der Waals surface area contributed by atoms with Gasteiger partial charge in [-0.15, -0.1) is 0 Å². The molecule has 20 heavy (non-hydrogen) atoms. The first kappa shape index (κ1) is 14.9. The lowest BCUT2D eigenvalue weighted by atomic mass is 10.00. The van der Waals surface area contributed by atoms with Gasteiger partial charge in [-0.05, 0) is 60.7 Å². The SMILES string of the molecule is NNC(CCc1ccncc1)Cc1cc(F)ccc1Cl. The number of hydrogen-bond donors (Lipinski definition) is 2. The zero-order valence-corrected chi connectivity index (χ0v) is 11.8. The van der Waals surface area contributed by atoms with Crippen LogP contribution in [-0.2, 0) is 12.8 Å². The Morgan fingerprint density at radius 3 is 2.70 bits per heavy atom. The maximum Gasteiger partial charge on any atom is 0.123 e. The molecule has 0 fully saturated rings. The number of halogens is 2. The maximum atomic E-state index is 13.2. The second kappa shape index (κ2) is 7.33. The van der Waals surface area contributed by atoms with E-state index in [4.69, 9.17) is 17.4 Å². The Bertz CT molecular complexity index is 548. The number of benzene rings is 1. The molecule has 0 aliphatic heterocycles. The van der Waals surface area contributed by atoms with Crippen LogP contribution in [0.4, 0.5) is 4.39 Å². The molecule has 0 saturated heterocycles. The first-order valence-corrected chi connectivity index (χ1v) is 6.86. The molecule has 2 rings (SSSR count). The normalized spacial score (nSPS) is 12.3. The summed E-state index contributed by atoms with van der Waals surface area (Å²) in [6.07, 6.45) is 5.85. The molecule has 1 atom stereocenters. The van der Waals surface area contributed by atoms with Crippen molar-refractivity contribution in [2.24, 2.45) is 5.84 Å². The molecule has 0 amide bonds. The molecule has 0 bridgehead atoms. The second-order valence-electron chi connectivity index (χ2n) is 4.70. The smallest absolute Gasteiger partial charge is 0.123 e. The molecule has 106 valence electrons. The monoisotopic (exact) mass is 293 g/mol. The third-order valence-electron chi connectivity index (χ3n) is 3.24. The molecule has 0 aliphatic rings. The van der Waals surface area contributed by atoms with E-state index in [0.29, 0.717) is 11.4 Å². The van der Waals surface area contributed by atoms with E-state index in [9.17, 15) is 4.39 Å². The predicted octanol–water partition coefficient (Wildman–Crippen LogP) is 2.88. The van der Waals surface area contributed by atoms with Gasteiger partial charge in [-0.3, -0.25) is 16.3 Å². The van der Waals surface area contributed by atoms with Crippen LogP contribution >= 0.6 is 11.6 Å². The molecule has 0 saturated carbocycles. The molecule has 3 N–H and O–H groups in total. The maximum absolute atomic E-state index is 13.2. The molecule has 1 heterocycles. The molecule has 5 heteroatoms. The Labute approximate surface area is 122 Å². The highest BCUT2D eigenvalue weighted by Gasteiger charge is 2.11. The summed E-state index contributed by atoms with van der Waals surface area (Å²) in [4.78, 5) is 3.98. The number of hydrogen-bond acceptors (Lipinski definition) is 3. The molecule has 0 radical (unpaired) electrons. The average Bonchev–Trinajstić information content (AvgIpc) is 2.48. The van der Waals surface area contributed by atoms with Crippen LogP contribution in [0.15, 0.2) is 42.7 Å². The van der Waals surface area contributed by atoms with Crippen molar-refractivity contribution in [1.29, 1.82) is 0 Å². The molecule has 0 spiro atoms. The van der Waals surface area contributed by atoms with E-state index in [-0.39, 0.29) is 11.9 Å². The lowest BCUT2D eigenvalue weighted by Gasteiger charge is -2.16. The summed E-state index contributed by atoms with van der Waals surface area (Å²) >= 11 is 6.07. The van der Waals surface area contributed by atoms with Crippen molar-refractivity contribution in [3.63, 3.8) is 0 Å². The number of aryl methyl sites for hydroxylation is 1. The van der Waals surface area contributed by atoms with Crippen molar-refractivity contribution in [3.05, 3.63) is 64.7 Å². The number of nitrogens with zero attached hydrogens (tertiary/aromatic N) is 1. The molecular weight excluding hydrogens is 277 g/mol. The van der Waals surface area contributed by atoms with Crippen molar-refractivity contribution in [1.82, 2.24) is 10.4 Å². The first-order chi connectivity index (χ1) is 9.69. The van der Waals surface area contributed by atoms with Gasteiger partial charge in [0.1, 0.15) is 5.82 Å². The van der Waals surface area contributed by atoms with Gasteiger partial charge in [0.15, 0.2) is 0 Å². The van der Waals surface area contributed by atoms with Crippen LogP contribution in [0, 0.1) is 5.82 Å². The largest absolute Gasteiger partial charge is 0.271 e. The highest BCUT2D eigenvalue weighted by molar-refractivity contribution is 6.31.